The number of imidazole rings is 1. The zero-order valence-corrected chi connectivity index (χ0v) is 16.3. The van der Waals surface area contributed by atoms with Crippen LogP contribution in [0.5, 0.6) is 0 Å². The Hall–Kier alpha value is -3.32. The van der Waals surface area contributed by atoms with Crippen molar-refractivity contribution in [3.63, 3.8) is 0 Å². The van der Waals surface area contributed by atoms with Crippen LogP contribution in [0, 0.1) is 0 Å². The smallest absolute Gasteiger partial charge is 0.269 e. The van der Waals surface area contributed by atoms with Gasteiger partial charge in [-0.3, -0.25) is 14.4 Å². The standard InChI is InChI=1S/C19H13Cl2N7O/c20-11-5-6-14-10(7-11)8-24-16(12-3-1-2-4-13(12)21)18-17(19(22)29)26-15(28(14)18)9-25-27-23/h1-8,16H,9H2,(H2,22,29). The van der Waals surface area contributed by atoms with Gasteiger partial charge >= 0.3 is 0 Å². The summed E-state index contributed by atoms with van der Waals surface area (Å²) in [5.74, 6) is -0.358. The zero-order chi connectivity index (χ0) is 20.5. The number of amides is 1. The second-order valence-corrected chi connectivity index (χ2v) is 7.10. The molecule has 2 N–H and O–H groups in total. The Bertz CT molecular complexity index is 1210. The molecule has 4 rings (SSSR count). The van der Waals surface area contributed by atoms with Crippen molar-refractivity contribution in [3.05, 3.63) is 91.3 Å². The summed E-state index contributed by atoms with van der Waals surface area (Å²) < 4.78 is 1.74. The third-order valence-corrected chi connectivity index (χ3v) is 5.12. The third-order valence-electron chi connectivity index (χ3n) is 4.54. The molecule has 29 heavy (non-hydrogen) atoms. The summed E-state index contributed by atoms with van der Waals surface area (Å²) in [4.78, 5) is 24.1. The monoisotopic (exact) mass is 425 g/mol. The van der Waals surface area contributed by atoms with Crippen LogP contribution in [0.2, 0.25) is 10.0 Å². The average molecular weight is 426 g/mol. The van der Waals surface area contributed by atoms with Crippen molar-refractivity contribution in [2.75, 3.05) is 0 Å². The summed E-state index contributed by atoms with van der Waals surface area (Å²) in [6, 6.07) is 11.8. The SMILES string of the molecule is [N-]=[N+]=NCc1nc(C(N)=O)c2n1-c1ccc(Cl)cc1C=NC2c1ccccc1Cl. The maximum Gasteiger partial charge on any atom is 0.269 e. The van der Waals surface area contributed by atoms with Gasteiger partial charge in [0.05, 0.1) is 17.9 Å². The van der Waals surface area contributed by atoms with Crippen molar-refractivity contribution in [3.8, 4) is 5.69 Å². The lowest BCUT2D eigenvalue weighted by molar-refractivity contribution is 0.0994. The highest BCUT2D eigenvalue weighted by atomic mass is 35.5. The number of benzene rings is 2. The second kappa shape index (κ2) is 7.60. The lowest BCUT2D eigenvalue weighted by atomic mass is 10.0. The van der Waals surface area contributed by atoms with Gasteiger partial charge in [0, 0.05) is 32.3 Å². The minimum atomic E-state index is -0.717. The highest BCUT2D eigenvalue weighted by molar-refractivity contribution is 6.31. The minimum absolute atomic E-state index is 0.0398. The molecule has 2 aromatic carbocycles. The molecule has 1 aliphatic rings. The largest absolute Gasteiger partial charge is 0.364 e. The molecule has 1 unspecified atom stereocenters. The fourth-order valence-corrected chi connectivity index (χ4v) is 3.79. The number of nitrogens with zero attached hydrogens (tertiary/aromatic N) is 6. The molecule has 1 atom stereocenters. The molecule has 3 aromatic rings. The van der Waals surface area contributed by atoms with Gasteiger partial charge in [-0.2, -0.15) is 0 Å². The number of fused-ring (bicyclic) bond motifs is 3. The Morgan fingerprint density at radius 1 is 1.28 bits per heavy atom. The van der Waals surface area contributed by atoms with Crippen molar-refractivity contribution in [1.29, 1.82) is 0 Å². The van der Waals surface area contributed by atoms with Crippen LogP contribution in [0.4, 0.5) is 0 Å². The molecule has 0 spiro atoms. The van der Waals surface area contributed by atoms with E-state index in [4.69, 9.17) is 34.5 Å². The predicted molar refractivity (Wildman–Crippen MR) is 111 cm³/mol. The zero-order valence-electron chi connectivity index (χ0n) is 14.8. The molecule has 144 valence electrons. The molecule has 1 amide bonds. The molecular weight excluding hydrogens is 413 g/mol. The molecule has 2 heterocycles. The van der Waals surface area contributed by atoms with E-state index in [1.54, 1.807) is 41.1 Å². The number of hydrogen-bond acceptors (Lipinski definition) is 4. The van der Waals surface area contributed by atoms with E-state index in [2.05, 4.69) is 20.0 Å². The topological polar surface area (TPSA) is 122 Å². The van der Waals surface area contributed by atoms with Crippen LogP contribution in [0.3, 0.4) is 0 Å². The van der Waals surface area contributed by atoms with E-state index in [0.717, 1.165) is 0 Å². The molecule has 0 fully saturated rings. The summed E-state index contributed by atoms with van der Waals surface area (Å²) >= 11 is 12.6. The van der Waals surface area contributed by atoms with Crippen LogP contribution in [-0.2, 0) is 6.54 Å². The third kappa shape index (κ3) is 3.34. The second-order valence-electron chi connectivity index (χ2n) is 6.26. The van der Waals surface area contributed by atoms with Crippen molar-refractivity contribution in [2.45, 2.75) is 12.6 Å². The first-order valence-electron chi connectivity index (χ1n) is 8.51. The summed E-state index contributed by atoms with van der Waals surface area (Å²) in [6.45, 7) is -0.0753. The number of rotatable bonds is 4. The van der Waals surface area contributed by atoms with E-state index >= 15 is 0 Å². The fraction of sp³-hybridized carbons (Fsp3) is 0.105. The highest BCUT2D eigenvalue weighted by Crippen LogP contribution is 2.38. The summed E-state index contributed by atoms with van der Waals surface area (Å²) in [7, 11) is 0. The number of carbonyl (C=O) groups is 1. The molecule has 8 nitrogen and oxygen atoms in total. The van der Waals surface area contributed by atoms with Crippen molar-refractivity contribution >= 4 is 35.3 Å². The molecule has 1 aliphatic heterocycles. The maximum atomic E-state index is 12.2. The fourth-order valence-electron chi connectivity index (χ4n) is 3.37. The lowest BCUT2D eigenvalue weighted by Gasteiger charge is -2.17. The van der Waals surface area contributed by atoms with Crippen LogP contribution in [0.1, 0.15) is 39.2 Å². The Morgan fingerprint density at radius 3 is 2.79 bits per heavy atom. The normalized spacial score (nSPS) is 14.5. The van der Waals surface area contributed by atoms with Gasteiger partial charge in [-0.25, -0.2) is 4.98 Å². The number of aromatic nitrogens is 2. The van der Waals surface area contributed by atoms with Gasteiger partial charge in [-0.1, -0.05) is 46.5 Å². The molecule has 0 bridgehead atoms. The van der Waals surface area contributed by atoms with E-state index in [-0.39, 0.29) is 12.2 Å². The van der Waals surface area contributed by atoms with Gasteiger partial charge in [0.2, 0.25) is 0 Å². The maximum absolute atomic E-state index is 12.2. The molecule has 0 saturated carbocycles. The molecule has 1 aromatic heterocycles. The van der Waals surface area contributed by atoms with E-state index in [0.29, 0.717) is 38.4 Å². The number of azide groups is 1. The predicted octanol–water partition coefficient (Wildman–Crippen LogP) is 4.61. The highest BCUT2D eigenvalue weighted by Gasteiger charge is 2.31. The van der Waals surface area contributed by atoms with E-state index in [1.807, 2.05) is 12.1 Å². The van der Waals surface area contributed by atoms with Crippen LogP contribution in [0.15, 0.2) is 52.6 Å². The van der Waals surface area contributed by atoms with Crippen LogP contribution < -0.4 is 5.73 Å². The van der Waals surface area contributed by atoms with Gasteiger partial charge in [-0.05, 0) is 29.8 Å². The number of halogens is 2. The molecule has 0 aliphatic carbocycles. The van der Waals surface area contributed by atoms with Crippen molar-refractivity contribution in [1.82, 2.24) is 9.55 Å². The van der Waals surface area contributed by atoms with E-state index < -0.39 is 11.9 Å². The van der Waals surface area contributed by atoms with E-state index in [1.165, 1.54) is 0 Å². The van der Waals surface area contributed by atoms with Crippen molar-refractivity contribution < 1.29 is 4.79 Å². The van der Waals surface area contributed by atoms with Gasteiger partial charge in [-0.15, -0.1) is 0 Å². The van der Waals surface area contributed by atoms with Gasteiger partial charge in [0.25, 0.3) is 5.91 Å². The Labute approximate surface area is 175 Å². The Kier molecular flexibility index (Phi) is 4.98. The first-order valence-corrected chi connectivity index (χ1v) is 9.26. The number of hydrogen-bond donors (Lipinski definition) is 1. The summed E-state index contributed by atoms with van der Waals surface area (Å²) in [5, 5.41) is 4.62. The average Bonchev–Trinajstić information content (AvgIpc) is 2.99. The van der Waals surface area contributed by atoms with Crippen molar-refractivity contribution in [2.24, 2.45) is 15.8 Å². The molecule has 0 radical (unpaired) electrons. The minimum Gasteiger partial charge on any atom is -0.364 e. The summed E-state index contributed by atoms with van der Waals surface area (Å²) in [5.41, 5.74) is 17.0. The number of nitrogens with two attached hydrogens (primary N) is 1. The first kappa shape index (κ1) is 19.0. The number of carbonyl (C=O) groups excluding carboxylic acids is 1. The number of primary amides is 1. The molecular formula is C19H13Cl2N7O. The van der Waals surface area contributed by atoms with Crippen LogP contribution in [0.25, 0.3) is 16.1 Å². The van der Waals surface area contributed by atoms with Gasteiger partial charge in [0.15, 0.2) is 5.69 Å². The Balaban J connectivity index is 2.09. The van der Waals surface area contributed by atoms with Gasteiger partial charge in [0.1, 0.15) is 11.9 Å². The summed E-state index contributed by atoms with van der Waals surface area (Å²) in [6.07, 6.45) is 1.67. The molecule has 0 saturated heterocycles. The lowest BCUT2D eigenvalue weighted by Crippen LogP contribution is -2.17. The van der Waals surface area contributed by atoms with Crippen LogP contribution in [-0.4, -0.2) is 21.7 Å². The van der Waals surface area contributed by atoms with Gasteiger partial charge < -0.3 is 5.73 Å². The van der Waals surface area contributed by atoms with Crippen LogP contribution >= 0.6 is 23.2 Å². The first-order chi connectivity index (χ1) is 14.0. The number of aliphatic imine (C=N–C) groups is 1. The molecule has 10 heteroatoms. The quantitative estimate of drug-likeness (QED) is 0.372. The Morgan fingerprint density at radius 2 is 2.07 bits per heavy atom. The van der Waals surface area contributed by atoms with E-state index in [9.17, 15) is 4.79 Å².